The van der Waals surface area contributed by atoms with Crippen LogP contribution in [0.4, 0.5) is 5.69 Å². The first-order chi connectivity index (χ1) is 14.6. The van der Waals surface area contributed by atoms with E-state index in [-0.39, 0.29) is 5.91 Å². The Labute approximate surface area is 182 Å². The molecule has 3 aromatic carbocycles. The average Bonchev–Trinajstić information content (AvgIpc) is 3.19. The van der Waals surface area contributed by atoms with E-state index in [4.69, 9.17) is 13.9 Å². The number of halogens is 1. The predicted octanol–water partition coefficient (Wildman–Crippen LogP) is 5.92. The van der Waals surface area contributed by atoms with Gasteiger partial charge in [0.2, 0.25) is 5.89 Å². The Morgan fingerprint density at radius 3 is 2.77 bits per heavy atom. The van der Waals surface area contributed by atoms with Crippen molar-refractivity contribution in [1.29, 1.82) is 0 Å². The van der Waals surface area contributed by atoms with E-state index < -0.39 is 0 Å². The van der Waals surface area contributed by atoms with Gasteiger partial charge in [0.1, 0.15) is 17.0 Å². The summed E-state index contributed by atoms with van der Waals surface area (Å²) in [6, 6.07) is 18.1. The number of ether oxygens (including phenoxy) is 2. The summed E-state index contributed by atoms with van der Waals surface area (Å²) >= 11 is 3.43. The highest BCUT2D eigenvalue weighted by molar-refractivity contribution is 9.10. The summed E-state index contributed by atoms with van der Waals surface area (Å²) < 4.78 is 17.3. The lowest BCUT2D eigenvalue weighted by molar-refractivity contribution is 0.102. The Bertz CT molecular complexity index is 1220. The minimum atomic E-state index is -0.227. The molecule has 4 aromatic rings. The number of benzene rings is 3. The zero-order chi connectivity index (χ0) is 21.1. The first kappa shape index (κ1) is 20.0. The highest BCUT2D eigenvalue weighted by Crippen LogP contribution is 2.29. The average molecular weight is 467 g/mol. The number of hydrogen-bond acceptors (Lipinski definition) is 5. The van der Waals surface area contributed by atoms with E-state index in [1.807, 2.05) is 31.2 Å². The standard InChI is InChI=1S/C23H19BrN2O4/c1-3-29-20-9-7-14(12-18(20)24)22(27)25-16-8-10-21-19(13-16)26-23(30-21)15-5-4-6-17(11-15)28-2/h4-13H,3H2,1-2H3,(H,25,27). The summed E-state index contributed by atoms with van der Waals surface area (Å²) in [5.41, 5.74) is 3.24. The minimum Gasteiger partial charge on any atom is -0.497 e. The number of carbonyl (C=O) groups excluding carboxylic acids is 1. The fourth-order valence-electron chi connectivity index (χ4n) is 3.00. The summed E-state index contributed by atoms with van der Waals surface area (Å²) in [5, 5.41) is 2.89. The van der Waals surface area contributed by atoms with E-state index in [1.165, 1.54) is 0 Å². The van der Waals surface area contributed by atoms with Crippen LogP contribution in [0.5, 0.6) is 11.5 Å². The maximum atomic E-state index is 12.6. The number of fused-ring (bicyclic) bond motifs is 1. The molecule has 30 heavy (non-hydrogen) atoms. The number of hydrogen-bond donors (Lipinski definition) is 1. The molecule has 0 radical (unpaired) electrons. The highest BCUT2D eigenvalue weighted by Gasteiger charge is 2.13. The van der Waals surface area contributed by atoms with Crippen molar-refractivity contribution in [2.45, 2.75) is 6.92 Å². The molecule has 0 fully saturated rings. The Morgan fingerprint density at radius 2 is 2.00 bits per heavy atom. The van der Waals surface area contributed by atoms with Crippen molar-refractivity contribution in [1.82, 2.24) is 4.98 Å². The third kappa shape index (κ3) is 4.16. The quantitative estimate of drug-likeness (QED) is 0.381. The largest absolute Gasteiger partial charge is 0.497 e. The number of anilines is 1. The number of amides is 1. The van der Waals surface area contributed by atoms with Gasteiger partial charge in [0.25, 0.3) is 5.91 Å². The lowest BCUT2D eigenvalue weighted by atomic mass is 10.2. The van der Waals surface area contributed by atoms with Gasteiger partial charge in [-0.15, -0.1) is 0 Å². The van der Waals surface area contributed by atoms with Crippen LogP contribution in [0.3, 0.4) is 0 Å². The molecule has 0 aliphatic heterocycles. The van der Waals surface area contributed by atoms with Crippen molar-refractivity contribution in [3.8, 4) is 23.0 Å². The molecule has 0 saturated carbocycles. The summed E-state index contributed by atoms with van der Waals surface area (Å²) in [7, 11) is 1.61. The van der Waals surface area contributed by atoms with Crippen LogP contribution in [0.25, 0.3) is 22.6 Å². The number of nitrogens with zero attached hydrogens (tertiary/aromatic N) is 1. The third-order valence-electron chi connectivity index (χ3n) is 4.46. The molecule has 1 heterocycles. The van der Waals surface area contributed by atoms with Crippen LogP contribution in [0.15, 0.2) is 69.6 Å². The molecule has 0 bridgehead atoms. The number of nitrogens with one attached hydrogen (secondary N) is 1. The molecular formula is C23H19BrN2O4. The zero-order valence-electron chi connectivity index (χ0n) is 16.4. The van der Waals surface area contributed by atoms with Gasteiger partial charge < -0.3 is 19.2 Å². The van der Waals surface area contributed by atoms with Gasteiger partial charge in [-0.2, -0.15) is 0 Å². The van der Waals surface area contributed by atoms with Gasteiger partial charge in [0, 0.05) is 16.8 Å². The Balaban J connectivity index is 1.56. The summed E-state index contributed by atoms with van der Waals surface area (Å²) in [6.45, 7) is 2.46. The van der Waals surface area contributed by atoms with Gasteiger partial charge in [0.05, 0.1) is 18.2 Å². The van der Waals surface area contributed by atoms with E-state index in [0.717, 1.165) is 15.8 Å². The van der Waals surface area contributed by atoms with E-state index in [9.17, 15) is 4.79 Å². The first-order valence-corrected chi connectivity index (χ1v) is 10.2. The second kappa shape index (κ2) is 8.59. The van der Waals surface area contributed by atoms with Crippen molar-refractivity contribution >= 4 is 38.6 Å². The number of rotatable bonds is 6. The van der Waals surface area contributed by atoms with E-state index in [0.29, 0.717) is 40.6 Å². The Kier molecular flexibility index (Phi) is 5.72. The molecule has 0 spiro atoms. The van der Waals surface area contributed by atoms with Crippen molar-refractivity contribution in [3.63, 3.8) is 0 Å². The first-order valence-electron chi connectivity index (χ1n) is 9.36. The molecule has 0 atom stereocenters. The van der Waals surface area contributed by atoms with Crippen LogP contribution in [0, 0.1) is 0 Å². The summed E-state index contributed by atoms with van der Waals surface area (Å²) in [6.07, 6.45) is 0. The topological polar surface area (TPSA) is 73.6 Å². The minimum absolute atomic E-state index is 0.227. The molecule has 6 nitrogen and oxygen atoms in total. The number of aromatic nitrogens is 1. The van der Waals surface area contributed by atoms with Gasteiger partial charge in [0.15, 0.2) is 5.58 Å². The van der Waals surface area contributed by atoms with Crippen LogP contribution in [0.1, 0.15) is 17.3 Å². The molecule has 7 heteroatoms. The molecule has 152 valence electrons. The maximum Gasteiger partial charge on any atom is 0.255 e. The van der Waals surface area contributed by atoms with Gasteiger partial charge >= 0.3 is 0 Å². The van der Waals surface area contributed by atoms with Crippen LogP contribution >= 0.6 is 15.9 Å². The monoisotopic (exact) mass is 466 g/mol. The van der Waals surface area contributed by atoms with Crippen LogP contribution in [0.2, 0.25) is 0 Å². The SMILES string of the molecule is CCOc1ccc(C(=O)Nc2ccc3oc(-c4cccc(OC)c4)nc3c2)cc1Br. The Morgan fingerprint density at radius 1 is 1.13 bits per heavy atom. The van der Waals surface area contributed by atoms with E-state index in [1.54, 1.807) is 43.5 Å². The highest BCUT2D eigenvalue weighted by atomic mass is 79.9. The van der Waals surface area contributed by atoms with E-state index >= 15 is 0 Å². The number of carbonyl (C=O) groups is 1. The molecule has 1 N–H and O–H groups in total. The summed E-state index contributed by atoms with van der Waals surface area (Å²) in [4.78, 5) is 17.2. The van der Waals surface area contributed by atoms with Gasteiger partial charge in [-0.1, -0.05) is 6.07 Å². The predicted molar refractivity (Wildman–Crippen MR) is 119 cm³/mol. The Hall–Kier alpha value is -3.32. The number of methoxy groups -OCH3 is 1. The van der Waals surface area contributed by atoms with Crippen molar-refractivity contribution < 1.29 is 18.7 Å². The second-order valence-corrected chi connectivity index (χ2v) is 7.32. The number of oxazole rings is 1. The second-order valence-electron chi connectivity index (χ2n) is 6.47. The van der Waals surface area contributed by atoms with E-state index in [2.05, 4.69) is 26.2 Å². The molecule has 1 aromatic heterocycles. The zero-order valence-corrected chi connectivity index (χ0v) is 18.0. The lowest BCUT2D eigenvalue weighted by Gasteiger charge is -2.09. The molecule has 0 saturated heterocycles. The van der Waals surface area contributed by atoms with Crippen LogP contribution in [-0.2, 0) is 0 Å². The molecular weight excluding hydrogens is 448 g/mol. The molecule has 1 amide bonds. The third-order valence-corrected chi connectivity index (χ3v) is 5.08. The van der Waals surface area contributed by atoms with Crippen LogP contribution in [-0.4, -0.2) is 24.6 Å². The maximum absolute atomic E-state index is 12.6. The lowest BCUT2D eigenvalue weighted by Crippen LogP contribution is -2.12. The van der Waals surface area contributed by atoms with Gasteiger partial charge in [-0.3, -0.25) is 4.79 Å². The molecule has 0 unspecified atom stereocenters. The normalized spacial score (nSPS) is 10.8. The smallest absolute Gasteiger partial charge is 0.255 e. The fourth-order valence-corrected chi connectivity index (χ4v) is 3.50. The van der Waals surface area contributed by atoms with Crippen molar-refractivity contribution in [3.05, 3.63) is 70.7 Å². The molecule has 0 aliphatic carbocycles. The van der Waals surface area contributed by atoms with Crippen LogP contribution < -0.4 is 14.8 Å². The molecule has 4 rings (SSSR count). The summed E-state index contributed by atoms with van der Waals surface area (Å²) in [5.74, 6) is 1.68. The van der Waals surface area contributed by atoms with Gasteiger partial charge in [-0.25, -0.2) is 4.98 Å². The molecule has 0 aliphatic rings. The van der Waals surface area contributed by atoms with Crippen molar-refractivity contribution in [2.24, 2.45) is 0 Å². The van der Waals surface area contributed by atoms with Gasteiger partial charge in [-0.05, 0) is 77.5 Å². The fraction of sp³-hybridized carbons (Fsp3) is 0.130. The van der Waals surface area contributed by atoms with Crippen molar-refractivity contribution in [2.75, 3.05) is 19.0 Å².